The van der Waals surface area contributed by atoms with E-state index >= 15 is 0 Å². The first-order valence-electron chi connectivity index (χ1n) is 8.41. The summed E-state index contributed by atoms with van der Waals surface area (Å²) in [5.74, 6) is -1.13. The summed E-state index contributed by atoms with van der Waals surface area (Å²) in [4.78, 5) is 24.8. The van der Waals surface area contributed by atoms with Crippen molar-refractivity contribution in [2.75, 3.05) is 19.4 Å². The van der Waals surface area contributed by atoms with Crippen LogP contribution in [0.2, 0.25) is 0 Å². The van der Waals surface area contributed by atoms with Crippen molar-refractivity contribution in [3.63, 3.8) is 0 Å². The first-order chi connectivity index (χ1) is 12.5. The van der Waals surface area contributed by atoms with Crippen LogP contribution in [0.5, 0.6) is 5.75 Å². The molecular weight excluding hydrogens is 350 g/mol. The van der Waals surface area contributed by atoms with Crippen LogP contribution in [-0.4, -0.2) is 36.4 Å². The average Bonchev–Trinajstić information content (AvgIpc) is 2.66. The number of benzene rings is 2. The highest BCUT2D eigenvalue weighted by atomic mass is 32.2. The summed E-state index contributed by atoms with van der Waals surface area (Å²) in [6.45, 7) is 2.57. The summed E-state index contributed by atoms with van der Waals surface area (Å²) in [6, 6.07) is 14.6. The van der Waals surface area contributed by atoms with Gasteiger partial charge in [0.2, 0.25) is 0 Å². The van der Waals surface area contributed by atoms with Crippen molar-refractivity contribution in [3.05, 3.63) is 59.7 Å². The molecule has 0 aliphatic rings. The van der Waals surface area contributed by atoms with Gasteiger partial charge in [-0.15, -0.1) is 11.8 Å². The molecular formula is C20H23NO4S. The molecule has 0 spiro atoms. The molecule has 2 rings (SSSR count). The molecule has 26 heavy (non-hydrogen) atoms. The van der Waals surface area contributed by atoms with Gasteiger partial charge < -0.3 is 15.2 Å². The molecule has 0 radical (unpaired) electrons. The molecule has 138 valence electrons. The third-order valence-corrected chi connectivity index (χ3v) is 4.72. The second-order valence-electron chi connectivity index (χ2n) is 5.73. The molecule has 1 amide bonds. The van der Waals surface area contributed by atoms with E-state index in [9.17, 15) is 14.7 Å². The fourth-order valence-corrected chi connectivity index (χ4v) is 3.16. The van der Waals surface area contributed by atoms with Crippen molar-refractivity contribution in [3.8, 4) is 5.75 Å². The van der Waals surface area contributed by atoms with Gasteiger partial charge in [0, 0.05) is 11.4 Å². The van der Waals surface area contributed by atoms with Crippen molar-refractivity contribution in [1.82, 2.24) is 5.32 Å². The van der Waals surface area contributed by atoms with Gasteiger partial charge in [0.05, 0.1) is 18.1 Å². The SMILES string of the molecule is CCOc1ccc(CC(CNC(=O)c2ccccc2SC)C(=O)O)cc1. The Morgan fingerprint density at radius 3 is 2.46 bits per heavy atom. The molecule has 2 aromatic carbocycles. The molecule has 0 saturated carbocycles. The van der Waals surface area contributed by atoms with Gasteiger partial charge in [-0.1, -0.05) is 24.3 Å². The summed E-state index contributed by atoms with van der Waals surface area (Å²) < 4.78 is 5.39. The molecule has 0 bridgehead atoms. The molecule has 5 nitrogen and oxygen atoms in total. The number of hydrogen-bond acceptors (Lipinski definition) is 4. The number of carboxylic acids is 1. The van der Waals surface area contributed by atoms with E-state index in [1.54, 1.807) is 12.1 Å². The Morgan fingerprint density at radius 2 is 1.85 bits per heavy atom. The predicted molar refractivity (Wildman–Crippen MR) is 103 cm³/mol. The molecule has 6 heteroatoms. The number of carboxylic acid groups (broad SMARTS) is 1. The van der Waals surface area contributed by atoms with Gasteiger partial charge in [0.15, 0.2) is 0 Å². The Kier molecular flexibility index (Phi) is 7.53. The van der Waals surface area contributed by atoms with Gasteiger partial charge >= 0.3 is 5.97 Å². The minimum atomic E-state index is -0.933. The van der Waals surface area contributed by atoms with Crippen LogP contribution < -0.4 is 10.1 Å². The number of rotatable bonds is 9. The molecule has 2 N–H and O–H groups in total. The predicted octanol–water partition coefficient (Wildman–Crippen LogP) is 3.48. The van der Waals surface area contributed by atoms with E-state index in [-0.39, 0.29) is 12.5 Å². The summed E-state index contributed by atoms with van der Waals surface area (Å²) in [7, 11) is 0. The highest BCUT2D eigenvalue weighted by molar-refractivity contribution is 7.98. The first-order valence-corrected chi connectivity index (χ1v) is 9.63. The van der Waals surface area contributed by atoms with Crippen LogP contribution in [0.3, 0.4) is 0 Å². The van der Waals surface area contributed by atoms with Gasteiger partial charge in [-0.05, 0) is 49.4 Å². The van der Waals surface area contributed by atoms with E-state index in [0.29, 0.717) is 18.6 Å². The average molecular weight is 373 g/mol. The number of hydrogen-bond donors (Lipinski definition) is 2. The zero-order chi connectivity index (χ0) is 18.9. The second kappa shape index (κ2) is 9.87. The minimum Gasteiger partial charge on any atom is -0.494 e. The number of nitrogens with one attached hydrogen (secondary N) is 1. The fraction of sp³-hybridized carbons (Fsp3) is 0.300. The molecule has 1 atom stereocenters. The van der Waals surface area contributed by atoms with Crippen molar-refractivity contribution in [1.29, 1.82) is 0 Å². The lowest BCUT2D eigenvalue weighted by Crippen LogP contribution is -2.34. The number of carbonyl (C=O) groups excluding carboxylic acids is 1. The Balaban J connectivity index is 1.99. The van der Waals surface area contributed by atoms with E-state index < -0.39 is 11.9 Å². The standard InChI is InChI=1S/C20H23NO4S/c1-3-25-16-10-8-14(9-11-16)12-15(20(23)24)13-21-19(22)17-6-4-5-7-18(17)26-2/h4-11,15H,3,12-13H2,1-2H3,(H,21,22)(H,23,24). The van der Waals surface area contributed by atoms with Crippen LogP contribution in [0.4, 0.5) is 0 Å². The van der Waals surface area contributed by atoms with E-state index in [0.717, 1.165) is 16.2 Å². The highest BCUT2D eigenvalue weighted by Gasteiger charge is 2.20. The maximum atomic E-state index is 12.4. The Hall–Kier alpha value is -2.47. The zero-order valence-corrected chi connectivity index (χ0v) is 15.7. The smallest absolute Gasteiger partial charge is 0.308 e. The number of aliphatic carboxylic acids is 1. The largest absolute Gasteiger partial charge is 0.494 e. The van der Waals surface area contributed by atoms with Gasteiger partial charge in [-0.2, -0.15) is 0 Å². The van der Waals surface area contributed by atoms with E-state index in [1.165, 1.54) is 11.8 Å². The number of ether oxygens (including phenoxy) is 1. The van der Waals surface area contributed by atoms with Gasteiger partial charge in [-0.3, -0.25) is 9.59 Å². The topological polar surface area (TPSA) is 75.6 Å². The van der Waals surface area contributed by atoms with Crippen LogP contribution in [0, 0.1) is 5.92 Å². The fourth-order valence-electron chi connectivity index (χ4n) is 2.56. The number of amides is 1. The first kappa shape index (κ1) is 19.8. The highest BCUT2D eigenvalue weighted by Crippen LogP contribution is 2.20. The quantitative estimate of drug-likeness (QED) is 0.658. The van der Waals surface area contributed by atoms with Gasteiger partial charge in [-0.25, -0.2) is 0 Å². The van der Waals surface area contributed by atoms with Crippen molar-refractivity contribution in [2.24, 2.45) is 5.92 Å². The maximum Gasteiger partial charge on any atom is 0.308 e. The molecule has 0 saturated heterocycles. The van der Waals surface area contributed by atoms with Gasteiger partial charge in [0.1, 0.15) is 5.75 Å². The van der Waals surface area contributed by atoms with E-state index in [4.69, 9.17) is 4.74 Å². The number of thioether (sulfide) groups is 1. The monoisotopic (exact) mass is 373 g/mol. The third kappa shape index (κ3) is 5.52. The van der Waals surface area contributed by atoms with Crippen LogP contribution in [0.1, 0.15) is 22.8 Å². The lowest BCUT2D eigenvalue weighted by Gasteiger charge is -2.15. The maximum absolute atomic E-state index is 12.4. The minimum absolute atomic E-state index is 0.0735. The zero-order valence-electron chi connectivity index (χ0n) is 14.9. The lowest BCUT2D eigenvalue weighted by atomic mass is 9.99. The van der Waals surface area contributed by atoms with Gasteiger partial charge in [0.25, 0.3) is 5.91 Å². The van der Waals surface area contributed by atoms with Crippen LogP contribution >= 0.6 is 11.8 Å². The van der Waals surface area contributed by atoms with E-state index in [2.05, 4.69) is 5.32 Å². The van der Waals surface area contributed by atoms with Crippen LogP contribution in [0.25, 0.3) is 0 Å². The third-order valence-electron chi connectivity index (χ3n) is 3.93. The van der Waals surface area contributed by atoms with Crippen molar-refractivity contribution < 1.29 is 19.4 Å². The van der Waals surface area contributed by atoms with Crippen molar-refractivity contribution >= 4 is 23.6 Å². The molecule has 0 aliphatic carbocycles. The summed E-state index contributed by atoms with van der Waals surface area (Å²) >= 11 is 1.48. The molecule has 0 aliphatic heterocycles. The molecule has 0 heterocycles. The number of carbonyl (C=O) groups is 2. The summed E-state index contributed by atoms with van der Waals surface area (Å²) in [5, 5.41) is 12.2. The van der Waals surface area contributed by atoms with Crippen molar-refractivity contribution in [2.45, 2.75) is 18.2 Å². The lowest BCUT2D eigenvalue weighted by molar-refractivity contribution is -0.141. The van der Waals surface area contributed by atoms with Crippen LogP contribution in [-0.2, 0) is 11.2 Å². The summed E-state index contributed by atoms with van der Waals surface area (Å²) in [5.41, 5.74) is 1.45. The molecule has 0 aromatic heterocycles. The Bertz CT molecular complexity index is 746. The molecule has 2 aromatic rings. The molecule has 0 fully saturated rings. The normalized spacial score (nSPS) is 11.6. The van der Waals surface area contributed by atoms with E-state index in [1.807, 2.05) is 49.6 Å². The molecule has 1 unspecified atom stereocenters. The Labute approximate surface area is 157 Å². The second-order valence-corrected chi connectivity index (χ2v) is 6.57. The Morgan fingerprint density at radius 1 is 1.15 bits per heavy atom. The summed E-state index contributed by atoms with van der Waals surface area (Å²) in [6.07, 6.45) is 2.24. The van der Waals surface area contributed by atoms with Crippen LogP contribution in [0.15, 0.2) is 53.4 Å².